The number of rotatable bonds is 86. The molecule has 0 fully saturated rings. The van der Waals surface area contributed by atoms with Gasteiger partial charge in [0.05, 0.1) is 45.9 Å². The number of halogens is 7. The van der Waals surface area contributed by atoms with Gasteiger partial charge in [0, 0.05) is 21.9 Å². The molecule has 0 atom stereocenters. The van der Waals surface area contributed by atoms with Crippen LogP contribution in [0.25, 0.3) is 42.9 Å². The van der Waals surface area contributed by atoms with Crippen molar-refractivity contribution in [2.75, 3.05) is 0 Å². The third-order valence-electron chi connectivity index (χ3n) is 27.9. The first kappa shape index (κ1) is 119. The van der Waals surface area contributed by atoms with Crippen molar-refractivity contribution >= 4 is 127 Å². The van der Waals surface area contributed by atoms with Gasteiger partial charge in [-0.25, -0.2) is 17.6 Å². The summed E-state index contributed by atoms with van der Waals surface area (Å²) in [6.45, 7) is 13.8. The Hall–Kier alpha value is -1.66. The van der Waals surface area contributed by atoms with E-state index in [4.69, 9.17) is 8.75 Å². The van der Waals surface area contributed by atoms with Crippen LogP contribution < -0.4 is 0 Å². The van der Waals surface area contributed by atoms with Gasteiger partial charge in [0.25, 0.3) is 0 Å². The molecule has 16 heteroatoms. The van der Waals surface area contributed by atoms with Crippen LogP contribution in [0.5, 0.6) is 0 Å². The summed E-state index contributed by atoms with van der Waals surface area (Å²) in [5, 5.41) is 2.25. The molecule has 744 valence electrons. The highest BCUT2D eigenvalue weighted by Gasteiger charge is 2.29. The summed E-state index contributed by atoms with van der Waals surface area (Å²) in [6, 6.07) is 8.72. The maximum absolute atomic E-state index is 17.0. The van der Waals surface area contributed by atoms with E-state index in [1.54, 1.807) is 5.56 Å². The Balaban J connectivity index is 0.000000517. The van der Waals surface area contributed by atoms with E-state index in [1.807, 2.05) is 11.3 Å². The van der Waals surface area contributed by atoms with Gasteiger partial charge in [0.15, 0.2) is 23.3 Å². The van der Waals surface area contributed by atoms with E-state index in [1.165, 1.54) is 545 Å². The van der Waals surface area contributed by atoms with Crippen LogP contribution in [0.15, 0.2) is 47.1 Å². The van der Waals surface area contributed by atoms with Gasteiger partial charge < -0.3 is 0 Å². The van der Waals surface area contributed by atoms with E-state index in [0.717, 1.165) is 71.7 Å². The summed E-state index contributed by atoms with van der Waals surface area (Å²) in [5.74, 6) is -1.30. The number of hydrogen-bond donors (Lipinski definition) is 0. The zero-order chi connectivity index (χ0) is 93.0. The highest BCUT2D eigenvalue weighted by molar-refractivity contribution is 9.11. The number of thiophene rings is 3. The number of unbranched alkanes of at least 4 members (excludes halogenated alkanes) is 66. The smallest absolute Gasteiger partial charge is 0.170 e. The minimum Gasteiger partial charge on any atom is -0.204 e. The van der Waals surface area contributed by atoms with Crippen LogP contribution in [-0.2, 0) is 19.3 Å². The fourth-order valence-electron chi connectivity index (χ4n) is 19.6. The highest BCUT2D eigenvalue weighted by Crippen LogP contribution is 2.48. The standard InChI is InChI=1S/C74H124Br2F2N2S3.C34H63BrS.C6H2F2N2S/c1-5-9-13-17-21-25-29-33-37-41-45-49-53-61(54-50-46-42-38-34-30-26-22-18-14-10-6-2)57-63-59-65(81-73(63)75)67-69(77)70(78)68(72-71(67)79-83-80-72)66-60-64(74(76)82-66)58-62(55-51-47-43-39-35-31-27-23-19-15-11-7-3)56-52-48-44-40-36-32-28-24-20-16-12-8-4;1-3-5-7-9-11-13-15-17-19-21-23-25-27-32(31-33-29-30-36-34(33)35)28-26-24-22-20-18-16-14-12-10-8-6-4-2;7-3-1-5-6(2-4(3)8)10-11-9-5/h59-62H,5-58H2,1-4H3;29-30,32H,3-28,31H2,1-2H3;1-2H. The van der Waals surface area contributed by atoms with E-state index in [9.17, 15) is 8.78 Å². The normalized spacial score (nSPS) is 11.8. The molecule has 130 heavy (non-hydrogen) atoms. The minimum absolute atomic E-state index is 0.270. The number of fused-ring (bicyclic) bond motifs is 2. The molecule has 5 aromatic heterocycles. The topological polar surface area (TPSA) is 51.6 Å². The molecular formula is C114H189Br3F4N4S5. The van der Waals surface area contributed by atoms with Crippen LogP contribution in [0.2, 0.25) is 0 Å². The molecule has 2 aromatic carbocycles. The maximum Gasteiger partial charge on any atom is 0.170 e. The van der Waals surface area contributed by atoms with Crippen LogP contribution >= 0.6 is 105 Å². The Morgan fingerprint density at radius 2 is 0.446 bits per heavy atom. The predicted molar refractivity (Wildman–Crippen MR) is 584 cm³/mol. The number of hydrogen-bond acceptors (Lipinski definition) is 9. The van der Waals surface area contributed by atoms with Gasteiger partial charge in [0.1, 0.15) is 22.1 Å². The van der Waals surface area contributed by atoms with Crippen LogP contribution in [0.3, 0.4) is 0 Å². The largest absolute Gasteiger partial charge is 0.204 e. The van der Waals surface area contributed by atoms with Crippen molar-refractivity contribution < 1.29 is 17.6 Å². The summed E-state index contributed by atoms with van der Waals surface area (Å²) in [6.07, 6.45) is 112. The number of nitrogens with zero attached hydrogens (tertiary/aromatic N) is 4. The summed E-state index contributed by atoms with van der Waals surface area (Å²) in [4.78, 5) is 1.49. The van der Waals surface area contributed by atoms with Crippen LogP contribution in [-0.4, -0.2) is 17.5 Å². The molecule has 0 aliphatic heterocycles. The number of aromatic nitrogens is 4. The lowest BCUT2D eigenvalue weighted by atomic mass is 9.89. The minimum atomic E-state index is -0.884. The fraction of sp³-hybridized carbons (Fsp3) is 0.789. The monoisotopic (exact) mass is 2090 g/mol. The summed E-state index contributed by atoms with van der Waals surface area (Å²) in [5.41, 5.74) is 6.30. The van der Waals surface area contributed by atoms with Crippen LogP contribution in [0.1, 0.15) is 559 Å². The molecule has 0 saturated carbocycles. The second kappa shape index (κ2) is 82.1. The predicted octanol–water partition coefficient (Wildman–Crippen LogP) is 45.5. The third-order valence-corrected chi connectivity index (χ3v) is 34.8. The first-order valence-electron chi connectivity index (χ1n) is 55.4. The van der Waals surface area contributed by atoms with Gasteiger partial charge in [-0.15, -0.1) is 34.0 Å². The van der Waals surface area contributed by atoms with Gasteiger partial charge in [-0.05, 0) is 125 Å². The zero-order valence-electron chi connectivity index (χ0n) is 83.9. The Morgan fingerprint density at radius 3 is 0.654 bits per heavy atom. The van der Waals surface area contributed by atoms with Gasteiger partial charge in [-0.1, -0.05) is 542 Å². The second-order valence-electron chi connectivity index (χ2n) is 39.7. The Bertz CT molecular complexity index is 3470. The van der Waals surface area contributed by atoms with E-state index < -0.39 is 23.3 Å². The quantitative estimate of drug-likeness (QED) is 0.0282. The van der Waals surface area contributed by atoms with E-state index >= 15 is 8.78 Å². The molecule has 0 unspecified atom stereocenters. The summed E-state index contributed by atoms with van der Waals surface area (Å²) >= 11 is 18.6. The van der Waals surface area contributed by atoms with E-state index in [0.29, 0.717) is 33.9 Å². The molecule has 0 aliphatic rings. The lowest BCUT2D eigenvalue weighted by Crippen LogP contribution is -2.05. The molecular weight excluding hydrogens is 1900 g/mol. The Labute approximate surface area is 842 Å². The third kappa shape index (κ3) is 56.0. The summed E-state index contributed by atoms with van der Waals surface area (Å²) in [7, 11) is 0. The molecule has 0 N–H and O–H groups in total. The molecule has 7 rings (SSSR count). The molecule has 0 amide bonds. The molecule has 5 heterocycles. The second-order valence-corrected chi connectivity index (χ2v) is 47.7. The van der Waals surface area contributed by atoms with Crippen molar-refractivity contribution in [2.24, 2.45) is 17.8 Å². The first-order valence-corrected chi connectivity index (χ1v) is 61.7. The average Bonchev–Trinajstić information content (AvgIpc) is 1.57. The van der Waals surface area contributed by atoms with Gasteiger partial charge in [-0.3, -0.25) is 0 Å². The van der Waals surface area contributed by atoms with Gasteiger partial charge in [0.2, 0.25) is 0 Å². The molecule has 7 aromatic rings. The summed E-state index contributed by atoms with van der Waals surface area (Å²) < 4.78 is 79.4. The van der Waals surface area contributed by atoms with Crippen molar-refractivity contribution in [2.45, 2.75) is 562 Å². The maximum atomic E-state index is 17.0. The molecule has 0 aliphatic carbocycles. The van der Waals surface area contributed by atoms with Gasteiger partial charge >= 0.3 is 0 Å². The van der Waals surface area contributed by atoms with Crippen molar-refractivity contribution in [3.8, 4) is 20.9 Å². The Morgan fingerprint density at radius 1 is 0.246 bits per heavy atom. The van der Waals surface area contributed by atoms with Gasteiger partial charge in [-0.2, -0.15) is 17.5 Å². The van der Waals surface area contributed by atoms with Crippen molar-refractivity contribution in [1.29, 1.82) is 0 Å². The number of benzene rings is 2. The molecule has 0 bridgehead atoms. The zero-order valence-corrected chi connectivity index (χ0v) is 92.8. The average molecular weight is 2090 g/mol. The van der Waals surface area contributed by atoms with Crippen molar-refractivity contribution in [3.05, 3.63) is 87.0 Å². The van der Waals surface area contributed by atoms with Crippen molar-refractivity contribution in [1.82, 2.24) is 17.5 Å². The molecule has 0 radical (unpaired) electrons. The molecule has 0 saturated heterocycles. The Kier molecular flexibility index (Phi) is 75.0. The first-order chi connectivity index (χ1) is 63.9. The van der Waals surface area contributed by atoms with E-state index in [2.05, 4.69) is 122 Å². The van der Waals surface area contributed by atoms with Crippen molar-refractivity contribution in [3.63, 3.8) is 0 Å². The molecule has 4 nitrogen and oxygen atoms in total. The SMILES string of the molecule is CCCCCCCCCCCCCCC(CCCCCCCCCCCCCC)Cc1cc(-c2c(F)c(F)c(-c3cc(CC(CCCCCCCCCCCCCC)CCCCCCCCCCCCCC)c(Br)s3)c3nsnc23)sc1Br.CCCCCCCCCCCCCCC(CCCCCCCCCCCCCC)Cc1ccsc1Br.Fc1cc2nsnc2cc1F. The highest BCUT2D eigenvalue weighted by atomic mass is 79.9. The van der Waals surface area contributed by atoms with Crippen LogP contribution in [0, 0.1) is 41.0 Å². The van der Waals surface area contributed by atoms with Crippen LogP contribution in [0.4, 0.5) is 17.6 Å². The fourth-order valence-corrected chi connectivity index (χ4v) is 25.5. The lowest BCUT2D eigenvalue weighted by molar-refractivity contribution is 0.399. The lowest BCUT2D eigenvalue weighted by Gasteiger charge is -2.17. The van der Waals surface area contributed by atoms with E-state index in [-0.39, 0.29) is 11.1 Å². The molecule has 0 spiro atoms.